The molecule has 0 saturated carbocycles. The number of carbonyl (C=O) groups is 1. The van der Waals surface area contributed by atoms with Crippen LogP contribution in [0.4, 0.5) is 37.6 Å². The summed E-state index contributed by atoms with van der Waals surface area (Å²) in [4.78, 5) is 24.7. The minimum atomic E-state index is -2.98. The second kappa shape index (κ2) is 9.96. The number of alkyl halides is 2. The van der Waals surface area contributed by atoms with Crippen molar-refractivity contribution >= 4 is 46.1 Å². The first-order valence-electron chi connectivity index (χ1n) is 10.2. The lowest BCUT2D eigenvalue weighted by molar-refractivity contribution is -0.0493. The van der Waals surface area contributed by atoms with E-state index in [0.717, 1.165) is 31.9 Å². The summed E-state index contributed by atoms with van der Waals surface area (Å²) in [6.07, 6.45) is 1.50. The Hall–Kier alpha value is -3.51. The number of nitrogens with one attached hydrogen (secondary N) is 2. The Bertz CT molecular complexity index is 1120. The molecule has 0 spiro atoms. The van der Waals surface area contributed by atoms with Crippen LogP contribution in [0.1, 0.15) is 9.67 Å². The topological polar surface area (TPSA) is 109 Å². The van der Waals surface area contributed by atoms with Crippen molar-refractivity contribution in [2.75, 3.05) is 48.8 Å². The highest BCUT2D eigenvalue weighted by molar-refractivity contribution is 7.12. The highest BCUT2D eigenvalue weighted by atomic mass is 32.1. The number of hydrogen-bond donors (Lipinski definition) is 3. The Morgan fingerprint density at radius 3 is 2.67 bits per heavy atom. The Labute approximate surface area is 193 Å². The fraction of sp³-hybridized carbons (Fsp3) is 0.286. The number of primary amides is 1. The summed E-state index contributed by atoms with van der Waals surface area (Å²) in [5, 5.41) is 7.69. The van der Waals surface area contributed by atoms with Gasteiger partial charge in [0.2, 0.25) is 5.95 Å². The average molecular weight is 476 g/mol. The minimum Gasteiger partial charge on any atom is -0.433 e. The van der Waals surface area contributed by atoms with Crippen LogP contribution in [0.25, 0.3) is 0 Å². The molecule has 1 aliphatic heterocycles. The summed E-state index contributed by atoms with van der Waals surface area (Å²) in [7, 11) is 2.05. The summed E-state index contributed by atoms with van der Waals surface area (Å²) in [5.74, 6) is 0.0208. The molecule has 1 saturated heterocycles. The molecule has 1 amide bonds. The first-order chi connectivity index (χ1) is 15.9. The minimum absolute atomic E-state index is 0.00256. The predicted octanol–water partition coefficient (Wildman–Crippen LogP) is 3.48. The van der Waals surface area contributed by atoms with Crippen molar-refractivity contribution in [3.8, 4) is 5.75 Å². The first-order valence-corrected chi connectivity index (χ1v) is 11.0. The molecule has 1 fully saturated rings. The highest BCUT2D eigenvalue weighted by Crippen LogP contribution is 2.33. The van der Waals surface area contributed by atoms with E-state index in [1.807, 2.05) is 13.1 Å². The zero-order valence-corrected chi connectivity index (χ0v) is 18.6. The summed E-state index contributed by atoms with van der Waals surface area (Å²) < 4.78 is 31.0. The number of carbonyl (C=O) groups excluding carboxylic acids is 1. The third-order valence-corrected chi connectivity index (χ3v) is 6.03. The van der Waals surface area contributed by atoms with Gasteiger partial charge in [0.25, 0.3) is 5.91 Å². The van der Waals surface area contributed by atoms with Crippen LogP contribution in [0.15, 0.2) is 41.9 Å². The highest BCUT2D eigenvalue weighted by Gasteiger charge is 2.18. The van der Waals surface area contributed by atoms with Gasteiger partial charge in [-0.25, -0.2) is 4.98 Å². The van der Waals surface area contributed by atoms with E-state index in [4.69, 9.17) is 10.5 Å². The Morgan fingerprint density at radius 1 is 1.15 bits per heavy atom. The molecule has 1 aliphatic rings. The largest absolute Gasteiger partial charge is 0.433 e. The first kappa shape index (κ1) is 22.7. The number of piperazine rings is 1. The number of ether oxygens (including phenoxy) is 1. The number of thiophene rings is 1. The van der Waals surface area contributed by atoms with E-state index in [0.29, 0.717) is 22.1 Å². The molecule has 4 rings (SSSR count). The standard InChI is InChI=1S/C21H23F2N7O2S/c1-29-7-9-30(10-8-29)13-2-3-14(16(12-13)32-20(22)23)27-21-25-6-4-17(28-21)26-15-5-11-33-18(15)19(24)31/h2-6,11-12,20H,7-10H2,1H3,(H2,24,31)(H2,25,26,27,28). The van der Waals surface area contributed by atoms with E-state index in [-0.39, 0.29) is 11.7 Å². The number of benzene rings is 1. The molecule has 12 heteroatoms. The van der Waals surface area contributed by atoms with Crippen molar-refractivity contribution in [3.63, 3.8) is 0 Å². The molecule has 33 heavy (non-hydrogen) atoms. The zero-order valence-electron chi connectivity index (χ0n) is 17.8. The third kappa shape index (κ3) is 5.65. The number of anilines is 5. The monoisotopic (exact) mass is 475 g/mol. The van der Waals surface area contributed by atoms with Gasteiger partial charge in [0, 0.05) is 44.1 Å². The SMILES string of the molecule is CN1CCN(c2ccc(Nc3nccc(Nc4ccsc4C(N)=O)n3)c(OC(F)F)c2)CC1. The lowest BCUT2D eigenvalue weighted by Crippen LogP contribution is -2.44. The van der Waals surface area contributed by atoms with Crippen LogP contribution in [0, 0.1) is 0 Å². The van der Waals surface area contributed by atoms with Crippen molar-refractivity contribution in [1.82, 2.24) is 14.9 Å². The van der Waals surface area contributed by atoms with Gasteiger partial charge in [-0.3, -0.25) is 4.79 Å². The molecule has 0 radical (unpaired) electrons. The number of halogens is 2. The number of amides is 1. The van der Waals surface area contributed by atoms with E-state index in [2.05, 4.69) is 30.4 Å². The molecule has 174 valence electrons. The number of hydrogen-bond acceptors (Lipinski definition) is 9. The second-order valence-corrected chi connectivity index (χ2v) is 8.31. The van der Waals surface area contributed by atoms with E-state index in [9.17, 15) is 13.6 Å². The molecule has 4 N–H and O–H groups in total. The van der Waals surface area contributed by atoms with E-state index >= 15 is 0 Å². The van der Waals surface area contributed by atoms with Crippen molar-refractivity contribution in [1.29, 1.82) is 0 Å². The molecular formula is C21H23F2N7O2S. The fourth-order valence-corrected chi connectivity index (χ4v) is 4.12. The summed E-state index contributed by atoms with van der Waals surface area (Å²) >= 11 is 1.21. The lowest BCUT2D eigenvalue weighted by Gasteiger charge is -2.34. The molecule has 0 bridgehead atoms. The van der Waals surface area contributed by atoms with Crippen LogP contribution in [-0.2, 0) is 0 Å². The van der Waals surface area contributed by atoms with Gasteiger partial charge in [-0.15, -0.1) is 11.3 Å². The number of rotatable bonds is 8. The number of nitrogens with zero attached hydrogens (tertiary/aromatic N) is 4. The average Bonchev–Trinajstić information content (AvgIpc) is 3.24. The van der Waals surface area contributed by atoms with Crippen molar-refractivity contribution < 1.29 is 18.3 Å². The Morgan fingerprint density at radius 2 is 1.94 bits per heavy atom. The Balaban J connectivity index is 1.54. The molecular weight excluding hydrogens is 452 g/mol. The van der Waals surface area contributed by atoms with Crippen LogP contribution >= 0.6 is 11.3 Å². The molecule has 0 unspecified atom stereocenters. The predicted molar refractivity (Wildman–Crippen MR) is 124 cm³/mol. The molecule has 3 aromatic rings. The van der Waals surface area contributed by atoms with Crippen LogP contribution in [-0.4, -0.2) is 60.6 Å². The third-order valence-electron chi connectivity index (χ3n) is 5.10. The van der Waals surface area contributed by atoms with Crippen LogP contribution < -0.4 is 26.0 Å². The molecule has 0 aliphatic carbocycles. The maximum Gasteiger partial charge on any atom is 0.387 e. The molecule has 1 aromatic carbocycles. The van der Waals surface area contributed by atoms with Crippen molar-refractivity contribution in [2.24, 2.45) is 5.73 Å². The van der Waals surface area contributed by atoms with Crippen LogP contribution in [0.3, 0.4) is 0 Å². The lowest BCUT2D eigenvalue weighted by atomic mass is 10.2. The van der Waals surface area contributed by atoms with E-state index in [1.165, 1.54) is 17.5 Å². The molecule has 3 heterocycles. The zero-order chi connectivity index (χ0) is 23.4. The van der Waals surface area contributed by atoms with Gasteiger partial charge in [-0.1, -0.05) is 0 Å². The van der Waals surface area contributed by atoms with Gasteiger partial charge in [-0.2, -0.15) is 13.8 Å². The maximum absolute atomic E-state index is 13.1. The maximum atomic E-state index is 13.1. The van der Waals surface area contributed by atoms with Crippen LogP contribution in [0.5, 0.6) is 5.75 Å². The Kier molecular flexibility index (Phi) is 6.84. The van der Waals surface area contributed by atoms with Gasteiger partial charge < -0.3 is 30.9 Å². The van der Waals surface area contributed by atoms with Crippen molar-refractivity contribution in [3.05, 3.63) is 46.8 Å². The van der Waals surface area contributed by atoms with Gasteiger partial charge in [-0.05, 0) is 36.7 Å². The van der Waals surface area contributed by atoms with Gasteiger partial charge in [0.05, 0.1) is 11.4 Å². The normalized spacial score (nSPS) is 14.4. The summed E-state index contributed by atoms with van der Waals surface area (Å²) in [6, 6.07) is 8.43. The van der Waals surface area contributed by atoms with Crippen LogP contribution in [0.2, 0.25) is 0 Å². The van der Waals surface area contributed by atoms with Gasteiger partial charge in [0.1, 0.15) is 10.7 Å². The fourth-order valence-electron chi connectivity index (χ4n) is 3.41. The molecule has 9 nitrogen and oxygen atoms in total. The molecule has 2 aromatic heterocycles. The van der Waals surface area contributed by atoms with Gasteiger partial charge >= 0.3 is 6.61 Å². The van der Waals surface area contributed by atoms with Crippen molar-refractivity contribution in [2.45, 2.75) is 6.61 Å². The number of nitrogens with two attached hydrogens (primary N) is 1. The van der Waals surface area contributed by atoms with E-state index in [1.54, 1.807) is 29.6 Å². The number of likely N-dealkylation sites (N-methyl/N-ethyl adjacent to an activating group) is 1. The number of aromatic nitrogens is 2. The quantitative estimate of drug-likeness (QED) is 0.455. The molecule has 0 atom stereocenters. The van der Waals surface area contributed by atoms with E-state index < -0.39 is 12.5 Å². The van der Waals surface area contributed by atoms with Gasteiger partial charge in [0.15, 0.2) is 5.75 Å². The summed E-state index contributed by atoms with van der Waals surface area (Å²) in [6.45, 7) is 0.391. The summed E-state index contributed by atoms with van der Waals surface area (Å²) in [5.41, 5.74) is 7.01. The second-order valence-electron chi connectivity index (χ2n) is 7.39. The smallest absolute Gasteiger partial charge is 0.387 e.